The number of benzene rings is 2. The molecule has 0 spiro atoms. The molecule has 0 aliphatic rings. The van der Waals surface area contributed by atoms with Gasteiger partial charge in [-0.25, -0.2) is 0 Å². The zero-order valence-corrected chi connectivity index (χ0v) is 19.9. The van der Waals surface area contributed by atoms with Gasteiger partial charge in [0, 0.05) is 0 Å². The first-order chi connectivity index (χ1) is 12.4. The summed E-state index contributed by atoms with van der Waals surface area (Å²) in [5.41, 5.74) is 0.654. The minimum Gasteiger partial charge on any atom is -0.869 e. The molecule has 7 heteroatoms. The molecule has 1 N–H and O–H groups in total. The molecule has 142 valence electrons. The van der Waals surface area contributed by atoms with Gasteiger partial charge in [0.1, 0.15) is 11.5 Å². The molecule has 0 amide bonds. The monoisotopic (exact) mass is 416 g/mol. The summed E-state index contributed by atoms with van der Waals surface area (Å²) in [5.74, 6) is -0.388. The van der Waals surface area contributed by atoms with Crippen LogP contribution >= 0.6 is 0 Å². The largest absolute Gasteiger partial charge is 1.00 e. The van der Waals surface area contributed by atoms with E-state index in [0.29, 0.717) is 17.7 Å². The minimum atomic E-state index is -4.59. The van der Waals surface area contributed by atoms with Crippen molar-refractivity contribution in [3.05, 3.63) is 48.0 Å². The standard InChI is InChI=1S/C20H26O5S.K/c1-2-3-4-5-6-8-11-16-14-15-18(26(22,23)24)19(21)20(16)25-17-12-9-7-10-13-17;/h7,9-10,12-15,21H,2-6,8,11H2,1H3,(H,22,23,24);/q;+1/p-1. The third-order valence-electron chi connectivity index (χ3n) is 4.20. The fraction of sp³-hybridized carbons (Fsp3) is 0.400. The first kappa shape index (κ1) is 24.6. The molecule has 2 aromatic carbocycles. The Morgan fingerprint density at radius 1 is 0.963 bits per heavy atom. The number of hydrogen-bond donors (Lipinski definition) is 1. The van der Waals surface area contributed by atoms with Crippen molar-refractivity contribution in [2.75, 3.05) is 0 Å². The Morgan fingerprint density at radius 2 is 1.59 bits per heavy atom. The fourth-order valence-electron chi connectivity index (χ4n) is 2.80. The van der Waals surface area contributed by atoms with Gasteiger partial charge in [-0.3, -0.25) is 4.55 Å². The van der Waals surface area contributed by atoms with E-state index in [4.69, 9.17) is 4.74 Å². The van der Waals surface area contributed by atoms with Crippen LogP contribution in [-0.4, -0.2) is 13.0 Å². The smallest absolute Gasteiger partial charge is 0.869 e. The van der Waals surface area contributed by atoms with Gasteiger partial charge < -0.3 is 9.84 Å². The average Bonchev–Trinajstić information content (AvgIpc) is 2.60. The van der Waals surface area contributed by atoms with Crippen molar-refractivity contribution in [2.45, 2.75) is 56.8 Å². The number of aryl methyl sites for hydroxylation is 1. The Balaban J connectivity index is 0.00000364. The van der Waals surface area contributed by atoms with Gasteiger partial charge >= 0.3 is 51.4 Å². The number of rotatable bonds is 10. The maximum Gasteiger partial charge on any atom is 1.00 e. The van der Waals surface area contributed by atoms with Gasteiger partial charge in [-0.1, -0.05) is 63.3 Å². The fourth-order valence-corrected chi connectivity index (χ4v) is 3.37. The molecule has 0 saturated heterocycles. The second-order valence-corrected chi connectivity index (χ2v) is 7.68. The summed E-state index contributed by atoms with van der Waals surface area (Å²) >= 11 is 0. The average molecular weight is 417 g/mol. The molecule has 0 heterocycles. The SMILES string of the molecule is CCCCCCCCc1ccc(S(=O)(=O)O)c([O-])c1Oc1ccccc1.[K+]. The van der Waals surface area contributed by atoms with E-state index in [0.717, 1.165) is 25.3 Å². The van der Waals surface area contributed by atoms with Crippen molar-refractivity contribution in [3.63, 3.8) is 0 Å². The van der Waals surface area contributed by atoms with Crippen LogP contribution in [0.4, 0.5) is 0 Å². The molecule has 2 aromatic rings. The van der Waals surface area contributed by atoms with Crippen LogP contribution in [0.1, 0.15) is 51.0 Å². The van der Waals surface area contributed by atoms with Crippen molar-refractivity contribution in [1.82, 2.24) is 0 Å². The molecular weight excluding hydrogens is 391 g/mol. The Labute approximate surface area is 204 Å². The van der Waals surface area contributed by atoms with Crippen LogP contribution in [0.15, 0.2) is 47.4 Å². The molecule has 0 aromatic heterocycles. The van der Waals surface area contributed by atoms with Crippen molar-refractivity contribution in [2.24, 2.45) is 0 Å². The first-order valence-corrected chi connectivity index (χ1v) is 10.4. The Kier molecular flexibility index (Phi) is 11.1. The van der Waals surface area contributed by atoms with E-state index in [1.54, 1.807) is 30.3 Å². The number of ether oxygens (including phenoxy) is 1. The summed E-state index contributed by atoms with van der Waals surface area (Å²) in [5, 5.41) is 12.6. The van der Waals surface area contributed by atoms with Crippen LogP contribution in [0.3, 0.4) is 0 Å². The number of para-hydroxylation sites is 1. The predicted molar refractivity (Wildman–Crippen MR) is 99.3 cm³/mol. The Hall–Kier alpha value is -0.414. The van der Waals surface area contributed by atoms with Crippen LogP contribution < -0.4 is 61.2 Å². The third kappa shape index (κ3) is 7.85. The molecule has 2 rings (SSSR count). The van der Waals surface area contributed by atoms with Gasteiger partial charge in [0.25, 0.3) is 10.1 Å². The first-order valence-electron chi connectivity index (χ1n) is 8.96. The molecule has 0 aliphatic heterocycles. The second kappa shape index (κ2) is 12.2. The quantitative estimate of drug-likeness (QED) is 0.362. The summed E-state index contributed by atoms with van der Waals surface area (Å²) in [4.78, 5) is -0.657. The van der Waals surface area contributed by atoms with Gasteiger partial charge in [-0.2, -0.15) is 8.42 Å². The Morgan fingerprint density at radius 3 is 2.22 bits per heavy atom. The molecule has 0 atom stereocenters. The molecule has 0 unspecified atom stereocenters. The van der Waals surface area contributed by atoms with Crippen LogP contribution in [0, 0.1) is 0 Å². The summed E-state index contributed by atoms with van der Waals surface area (Å²) in [6, 6.07) is 11.4. The van der Waals surface area contributed by atoms with Crippen LogP contribution in [0.25, 0.3) is 0 Å². The van der Waals surface area contributed by atoms with Gasteiger partial charge in [0.05, 0.1) is 4.90 Å². The van der Waals surface area contributed by atoms with Crippen molar-refractivity contribution < 1.29 is 74.2 Å². The zero-order chi connectivity index (χ0) is 19.0. The van der Waals surface area contributed by atoms with E-state index >= 15 is 0 Å². The number of hydrogen-bond acceptors (Lipinski definition) is 4. The maximum absolute atomic E-state index is 12.6. The van der Waals surface area contributed by atoms with E-state index in [-0.39, 0.29) is 57.1 Å². The molecule has 0 fully saturated rings. The van der Waals surface area contributed by atoms with E-state index in [2.05, 4.69) is 6.92 Å². The van der Waals surface area contributed by atoms with Gasteiger partial charge in [0.2, 0.25) is 0 Å². The molecule has 0 bridgehead atoms. The minimum absolute atomic E-state index is 0. The van der Waals surface area contributed by atoms with E-state index in [1.807, 2.05) is 6.07 Å². The molecule has 27 heavy (non-hydrogen) atoms. The molecule has 0 aliphatic carbocycles. The van der Waals surface area contributed by atoms with Crippen molar-refractivity contribution in [1.29, 1.82) is 0 Å². The van der Waals surface area contributed by atoms with Crippen LogP contribution in [-0.2, 0) is 16.5 Å². The van der Waals surface area contributed by atoms with Gasteiger partial charge in [-0.05, 0) is 42.4 Å². The van der Waals surface area contributed by atoms with Crippen molar-refractivity contribution >= 4 is 10.1 Å². The molecule has 0 saturated carbocycles. The summed E-state index contributed by atoms with van der Waals surface area (Å²) in [6.45, 7) is 2.17. The van der Waals surface area contributed by atoms with E-state index in [1.165, 1.54) is 19.3 Å². The van der Waals surface area contributed by atoms with Crippen LogP contribution in [0.5, 0.6) is 17.2 Å². The van der Waals surface area contributed by atoms with Gasteiger partial charge in [-0.15, -0.1) is 0 Å². The van der Waals surface area contributed by atoms with E-state index in [9.17, 15) is 18.1 Å². The predicted octanol–water partition coefficient (Wildman–Crippen LogP) is 1.71. The number of unbranched alkanes of at least 4 members (excludes halogenated alkanes) is 5. The van der Waals surface area contributed by atoms with Gasteiger partial charge in [0.15, 0.2) is 0 Å². The maximum atomic E-state index is 12.6. The van der Waals surface area contributed by atoms with Crippen molar-refractivity contribution in [3.8, 4) is 17.2 Å². The topological polar surface area (TPSA) is 86.7 Å². The molecular formula is C20H25KO5S. The summed E-state index contributed by atoms with van der Waals surface area (Å²) in [7, 11) is -4.59. The van der Waals surface area contributed by atoms with Crippen LogP contribution in [0.2, 0.25) is 0 Å². The normalized spacial score (nSPS) is 11.0. The zero-order valence-electron chi connectivity index (χ0n) is 16.0. The second-order valence-electron chi connectivity index (χ2n) is 6.29. The summed E-state index contributed by atoms with van der Waals surface area (Å²) in [6.07, 6.45) is 7.28. The Bertz CT molecular complexity index is 807. The molecule has 5 nitrogen and oxygen atoms in total. The van der Waals surface area contributed by atoms with E-state index < -0.39 is 20.8 Å². The summed E-state index contributed by atoms with van der Waals surface area (Å²) < 4.78 is 37.8. The molecule has 0 radical (unpaired) electrons. The third-order valence-corrected chi connectivity index (χ3v) is 5.08.